The molecule has 0 unspecified atom stereocenters. The Morgan fingerprint density at radius 2 is 1.89 bits per heavy atom. The molecule has 0 N–H and O–H groups in total. The summed E-state index contributed by atoms with van der Waals surface area (Å²) in [4.78, 5) is 0.181. The van der Waals surface area contributed by atoms with E-state index in [0.717, 1.165) is 6.07 Å². The highest BCUT2D eigenvalue weighted by atomic mass is 35.5. The van der Waals surface area contributed by atoms with Crippen molar-refractivity contribution in [3.05, 3.63) is 46.0 Å². The van der Waals surface area contributed by atoms with Gasteiger partial charge in [-0.3, -0.25) is 4.68 Å². The second kappa shape index (κ2) is 7.14. The van der Waals surface area contributed by atoms with E-state index in [1.807, 2.05) is 0 Å². The topological polar surface area (TPSA) is 55.2 Å². The Hall–Kier alpha value is -1.51. The summed E-state index contributed by atoms with van der Waals surface area (Å²) < 4.78 is 58.0. The standard InChI is InChI=1S/C18H22ClF2N3O2S/c1-12-17(13(2)23(3)22-12)27(25,26)24-8-6-18(21,7-9-24)11-14-4-5-15(19)10-16(14)20/h4-5,10H,6-9,11H2,1-3H3. The number of rotatable bonds is 4. The molecule has 9 heteroatoms. The predicted molar refractivity (Wildman–Crippen MR) is 99.6 cm³/mol. The zero-order chi connectivity index (χ0) is 20.0. The number of hydrogen-bond acceptors (Lipinski definition) is 3. The average Bonchev–Trinajstić information content (AvgIpc) is 2.83. The Balaban J connectivity index is 1.76. The number of aromatic nitrogens is 2. The molecule has 0 saturated carbocycles. The van der Waals surface area contributed by atoms with Crippen LogP contribution in [0, 0.1) is 19.7 Å². The maximum absolute atomic E-state index is 15.2. The van der Waals surface area contributed by atoms with Gasteiger partial charge in [0.2, 0.25) is 10.0 Å². The molecule has 3 rings (SSSR count). The van der Waals surface area contributed by atoms with Crippen LogP contribution >= 0.6 is 11.6 Å². The lowest BCUT2D eigenvalue weighted by Crippen LogP contribution is -2.45. The van der Waals surface area contributed by atoms with Crippen molar-refractivity contribution < 1.29 is 17.2 Å². The van der Waals surface area contributed by atoms with Gasteiger partial charge in [0.15, 0.2) is 0 Å². The normalized spacial score (nSPS) is 18.0. The number of alkyl halides is 1. The molecule has 2 aromatic rings. The van der Waals surface area contributed by atoms with Crippen molar-refractivity contribution in [2.45, 2.75) is 43.7 Å². The summed E-state index contributed by atoms with van der Waals surface area (Å²) in [5.74, 6) is -0.545. The average molecular weight is 418 g/mol. The molecule has 148 valence electrons. The molecule has 0 aliphatic carbocycles. The Morgan fingerprint density at radius 3 is 2.41 bits per heavy atom. The minimum atomic E-state index is -3.75. The van der Waals surface area contributed by atoms with E-state index in [9.17, 15) is 12.8 Å². The van der Waals surface area contributed by atoms with E-state index in [1.165, 1.54) is 21.1 Å². The van der Waals surface area contributed by atoms with Gasteiger partial charge in [-0.05, 0) is 44.4 Å². The predicted octanol–water partition coefficient (Wildman–Crippen LogP) is 3.56. The molecule has 1 aliphatic heterocycles. The first-order chi connectivity index (χ1) is 12.5. The molecule has 2 heterocycles. The molecule has 0 atom stereocenters. The van der Waals surface area contributed by atoms with E-state index in [0.29, 0.717) is 11.4 Å². The first-order valence-electron chi connectivity index (χ1n) is 8.67. The van der Waals surface area contributed by atoms with Gasteiger partial charge in [-0.15, -0.1) is 0 Å². The highest BCUT2D eigenvalue weighted by Gasteiger charge is 2.40. The highest BCUT2D eigenvalue weighted by Crippen LogP contribution is 2.34. The maximum atomic E-state index is 15.2. The van der Waals surface area contributed by atoms with Crippen LogP contribution in [0.5, 0.6) is 0 Å². The molecule has 0 bridgehead atoms. The minimum absolute atomic E-state index is 0.00660. The molecule has 1 fully saturated rings. The minimum Gasteiger partial charge on any atom is -0.271 e. The van der Waals surface area contributed by atoms with Crippen molar-refractivity contribution in [3.8, 4) is 0 Å². The number of aryl methyl sites for hydroxylation is 2. The second-order valence-corrected chi connectivity index (χ2v) is 9.40. The first-order valence-corrected chi connectivity index (χ1v) is 10.5. The van der Waals surface area contributed by atoms with Gasteiger partial charge in [-0.25, -0.2) is 17.2 Å². The van der Waals surface area contributed by atoms with Crippen LogP contribution < -0.4 is 0 Å². The smallest absolute Gasteiger partial charge is 0.246 e. The molecule has 0 amide bonds. The van der Waals surface area contributed by atoms with Gasteiger partial charge in [0, 0.05) is 31.6 Å². The lowest BCUT2D eigenvalue weighted by molar-refractivity contribution is 0.0879. The van der Waals surface area contributed by atoms with Crippen molar-refractivity contribution in [3.63, 3.8) is 0 Å². The lowest BCUT2D eigenvalue weighted by atomic mass is 9.87. The van der Waals surface area contributed by atoms with Gasteiger partial charge in [0.25, 0.3) is 0 Å². The van der Waals surface area contributed by atoms with Crippen molar-refractivity contribution in [1.82, 2.24) is 14.1 Å². The van der Waals surface area contributed by atoms with Crippen molar-refractivity contribution in [2.75, 3.05) is 13.1 Å². The molecule has 27 heavy (non-hydrogen) atoms. The summed E-state index contributed by atoms with van der Waals surface area (Å²) >= 11 is 5.74. The van der Waals surface area contributed by atoms with Crippen LogP contribution in [-0.2, 0) is 23.5 Å². The zero-order valence-corrected chi connectivity index (χ0v) is 17.0. The maximum Gasteiger partial charge on any atom is 0.246 e. The van der Waals surface area contributed by atoms with Gasteiger partial charge in [-0.2, -0.15) is 9.40 Å². The zero-order valence-electron chi connectivity index (χ0n) is 15.5. The summed E-state index contributed by atoms with van der Waals surface area (Å²) in [5, 5.41) is 4.41. The van der Waals surface area contributed by atoms with Gasteiger partial charge in [0.05, 0.1) is 11.4 Å². The van der Waals surface area contributed by atoms with Gasteiger partial charge in [-0.1, -0.05) is 17.7 Å². The van der Waals surface area contributed by atoms with Crippen LogP contribution in [-0.4, -0.2) is 41.3 Å². The summed E-state index contributed by atoms with van der Waals surface area (Å²) in [6.45, 7) is 3.43. The van der Waals surface area contributed by atoms with Crippen LogP contribution in [0.15, 0.2) is 23.1 Å². The van der Waals surface area contributed by atoms with E-state index < -0.39 is 21.5 Å². The molecule has 0 spiro atoms. The van der Waals surface area contributed by atoms with Crippen molar-refractivity contribution in [2.24, 2.45) is 7.05 Å². The quantitative estimate of drug-likeness (QED) is 0.764. The summed E-state index contributed by atoms with van der Waals surface area (Å²) in [7, 11) is -2.06. The van der Waals surface area contributed by atoms with Crippen LogP contribution in [0.25, 0.3) is 0 Å². The van der Waals surface area contributed by atoms with Crippen LogP contribution in [0.2, 0.25) is 5.02 Å². The molecule has 1 aliphatic rings. The molecule has 1 saturated heterocycles. The van der Waals surface area contributed by atoms with Crippen molar-refractivity contribution in [1.29, 1.82) is 0 Å². The number of piperidine rings is 1. The fourth-order valence-corrected chi connectivity index (χ4v) is 5.57. The highest BCUT2D eigenvalue weighted by molar-refractivity contribution is 7.89. The Bertz CT molecular complexity index is 967. The molecular weight excluding hydrogens is 396 g/mol. The summed E-state index contributed by atoms with van der Waals surface area (Å²) in [6.07, 6.45) is -0.0891. The second-order valence-electron chi connectivity index (χ2n) is 7.09. The largest absolute Gasteiger partial charge is 0.271 e. The monoisotopic (exact) mass is 417 g/mol. The van der Waals surface area contributed by atoms with E-state index in [-0.39, 0.29) is 47.8 Å². The molecule has 1 aromatic heterocycles. The Labute approximate surface area is 163 Å². The third kappa shape index (κ3) is 3.88. The molecular formula is C18H22ClF2N3O2S. The van der Waals surface area contributed by atoms with Crippen LogP contribution in [0.4, 0.5) is 8.78 Å². The molecule has 5 nitrogen and oxygen atoms in total. The molecule has 1 aromatic carbocycles. The third-order valence-electron chi connectivity index (χ3n) is 5.18. The van der Waals surface area contributed by atoms with Gasteiger partial charge in [0.1, 0.15) is 16.4 Å². The van der Waals surface area contributed by atoms with Gasteiger partial charge >= 0.3 is 0 Å². The lowest BCUT2D eigenvalue weighted by Gasteiger charge is -2.36. The Morgan fingerprint density at radius 1 is 1.26 bits per heavy atom. The van der Waals surface area contributed by atoms with E-state index in [4.69, 9.17) is 11.6 Å². The van der Waals surface area contributed by atoms with E-state index >= 15 is 4.39 Å². The van der Waals surface area contributed by atoms with Crippen LogP contribution in [0.3, 0.4) is 0 Å². The number of sulfonamides is 1. The molecule has 0 radical (unpaired) electrons. The number of halogens is 3. The number of hydrogen-bond donors (Lipinski definition) is 0. The fraction of sp³-hybridized carbons (Fsp3) is 0.500. The van der Waals surface area contributed by atoms with E-state index in [1.54, 1.807) is 20.9 Å². The first kappa shape index (κ1) is 20.2. The third-order valence-corrected chi connectivity index (χ3v) is 7.57. The summed E-state index contributed by atoms with van der Waals surface area (Å²) in [6, 6.07) is 4.16. The summed E-state index contributed by atoms with van der Waals surface area (Å²) in [5.41, 5.74) is -0.431. The van der Waals surface area contributed by atoms with E-state index in [2.05, 4.69) is 5.10 Å². The van der Waals surface area contributed by atoms with Crippen molar-refractivity contribution >= 4 is 21.6 Å². The fourth-order valence-electron chi connectivity index (χ4n) is 3.57. The Kier molecular flexibility index (Phi) is 5.35. The van der Waals surface area contributed by atoms with Crippen LogP contribution in [0.1, 0.15) is 29.8 Å². The number of benzene rings is 1. The SMILES string of the molecule is Cc1nn(C)c(C)c1S(=O)(=O)N1CCC(F)(Cc2ccc(Cl)cc2F)CC1. The van der Waals surface area contributed by atoms with Gasteiger partial charge < -0.3 is 0 Å². The number of nitrogens with zero attached hydrogens (tertiary/aromatic N) is 3.